The summed E-state index contributed by atoms with van der Waals surface area (Å²) in [6.07, 6.45) is 9.07. The van der Waals surface area contributed by atoms with Gasteiger partial charge in [0.15, 0.2) is 5.06 Å². The standard InChI is InChI=1S/C26H28O2S/c1-3-5-7-8-20-10-12-21(13-11-20)22-14-16-23(17-15-22)24-18-19-26(29-24)28-25(27)9-6-4-2/h6,9-19H,3-5,7-8H2,1-2H3. The Balaban J connectivity index is 1.64. The average molecular weight is 405 g/mol. The molecule has 2 nitrogen and oxygen atoms in total. The molecule has 1 aromatic heterocycles. The minimum atomic E-state index is -0.325. The zero-order valence-electron chi connectivity index (χ0n) is 17.2. The first-order valence-corrected chi connectivity index (χ1v) is 11.2. The highest BCUT2D eigenvalue weighted by molar-refractivity contribution is 7.17. The van der Waals surface area contributed by atoms with Crippen LogP contribution in [0.4, 0.5) is 0 Å². The summed E-state index contributed by atoms with van der Waals surface area (Å²) in [7, 11) is 0. The molecule has 2 aromatic carbocycles. The van der Waals surface area contributed by atoms with Crippen molar-refractivity contribution in [1.29, 1.82) is 0 Å². The number of hydrogen-bond acceptors (Lipinski definition) is 3. The van der Waals surface area contributed by atoms with Gasteiger partial charge in [-0.25, -0.2) is 4.79 Å². The summed E-state index contributed by atoms with van der Waals surface area (Å²) in [5, 5.41) is 0.619. The van der Waals surface area contributed by atoms with E-state index in [4.69, 9.17) is 4.74 Å². The Morgan fingerprint density at radius 2 is 1.52 bits per heavy atom. The normalized spacial score (nSPS) is 11.1. The van der Waals surface area contributed by atoms with Crippen LogP contribution in [0.1, 0.15) is 45.1 Å². The second-order valence-electron chi connectivity index (χ2n) is 7.08. The molecule has 3 rings (SSSR count). The summed E-state index contributed by atoms with van der Waals surface area (Å²) in [5.74, 6) is -0.325. The molecule has 29 heavy (non-hydrogen) atoms. The highest BCUT2D eigenvalue weighted by Gasteiger charge is 2.07. The van der Waals surface area contributed by atoms with Crippen LogP contribution >= 0.6 is 11.3 Å². The summed E-state index contributed by atoms with van der Waals surface area (Å²) in [4.78, 5) is 12.8. The predicted octanol–water partition coefficient (Wildman–Crippen LogP) is 7.69. The SMILES string of the molecule is CCC=CC(=O)Oc1ccc(-c2ccc(-c3ccc(CCCCC)cc3)cc2)s1. The van der Waals surface area contributed by atoms with Crippen molar-refractivity contribution in [3.8, 4) is 26.6 Å². The average Bonchev–Trinajstić information content (AvgIpc) is 3.21. The number of thiophene rings is 1. The lowest BCUT2D eigenvalue weighted by molar-refractivity contribution is -0.128. The fraction of sp³-hybridized carbons (Fsp3) is 0.269. The van der Waals surface area contributed by atoms with Gasteiger partial charge in [-0.05, 0) is 53.6 Å². The number of carbonyl (C=O) groups is 1. The number of benzene rings is 2. The largest absolute Gasteiger partial charge is 0.412 e. The molecule has 3 heteroatoms. The van der Waals surface area contributed by atoms with Crippen LogP contribution in [0.25, 0.3) is 21.6 Å². The third kappa shape index (κ3) is 6.16. The van der Waals surface area contributed by atoms with Crippen molar-refractivity contribution in [2.24, 2.45) is 0 Å². The van der Waals surface area contributed by atoms with Crippen molar-refractivity contribution < 1.29 is 9.53 Å². The zero-order valence-corrected chi connectivity index (χ0v) is 18.0. The van der Waals surface area contributed by atoms with Gasteiger partial charge in [0.05, 0.1) is 0 Å². The lowest BCUT2D eigenvalue weighted by atomic mass is 10.0. The molecule has 0 saturated heterocycles. The molecule has 0 amide bonds. The number of unbranched alkanes of at least 4 members (excludes halogenated alkanes) is 2. The molecule has 0 bridgehead atoms. The van der Waals surface area contributed by atoms with E-state index in [1.165, 1.54) is 53.4 Å². The van der Waals surface area contributed by atoms with E-state index in [-0.39, 0.29) is 5.97 Å². The molecule has 1 heterocycles. The summed E-state index contributed by atoms with van der Waals surface area (Å²) in [5.41, 5.74) is 4.98. The molecule has 0 aliphatic carbocycles. The minimum Gasteiger partial charge on any atom is -0.412 e. The maximum absolute atomic E-state index is 11.7. The molecule has 3 aromatic rings. The number of aryl methyl sites for hydroxylation is 1. The van der Waals surface area contributed by atoms with Gasteiger partial charge in [0, 0.05) is 11.0 Å². The van der Waals surface area contributed by atoms with Crippen molar-refractivity contribution in [2.45, 2.75) is 46.0 Å². The van der Waals surface area contributed by atoms with Crippen LogP contribution in [-0.2, 0) is 11.2 Å². The van der Waals surface area contributed by atoms with Crippen LogP contribution in [0.2, 0.25) is 0 Å². The molecule has 0 aliphatic rings. The van der Waals surface area contributed by atoms with Crippen LogP contribution in [-0.4, -0.2) is 5.97 Å². The first-order chi connectivity index (χ1) is 14.2. The predicted molar refractivity (Wildman–Crippen MR) is 123 cm³/mol. The number of esters is 1. The van der Waals surface area contributed by atoms with Gasteiger partial charge in [-0.1, -0.05) is 92.6 Å². The van der Waals surface area contributed by atoms with Gasteiger partial charge in [0.1, 0.15) is 0 Å². The fourth-order valence-corrected chi connectivity index (χ4v) is 4.01. The van der Waals surface area contributed by atoms with Crippen LogP contribution in [0, 0.1) is 0 Å². The van der Waals surface area contributed by atoms with Crippen LogP contribution in [0.15, 0.2) is 72.8 Å². The molecule has 0 fully saturated rings. The fourth-order valence-electron chi connectivity index (χ4n) is 3.15. The summed E-state index contributed by atoms with van der Waals surface area (Å²) in [6.45, 7) is 4.22. The van der Waals surface area contributed by atoms with Crippen molar-refractivity contribution in [3.63, 3.8) is 0 Å². The number of carbonyl (C=O) groups excluding carboxylic acids is 1. The maximum Gasteiger partial charge on any atom is 0.336 e. The first-order valence-electron chi connectivity index (χ1n) is 10.4. The van der Waals surface area contributed by atoms with E-state index < -0.39 is 0 Å². The first kappa shape index (κ1) is 21.1. The van der Waals surface area contributed by atoms with Gasteiger partial charge in [-0.3, -0.25) is 0 Å². The summed E-state index contributed by atoms with van der Waals surface area (Å²) >= 11 is 1.48. The lowest BCUT2D eigenvalue weighted by Crippen LogP contribution is -2.01. The second kappa shape index (κ2) is 10.8. The van der Waals surface area contributed by atoms with Crippen molar-refractivity contribution in [3.05, 3.63) is 78.4 Å². The molecule has 0 aliphatic heterocycles. The zero-order chi connectivity index (χ0) is 20.5. The third-order valence-corrected chi connectivity index (χ3v) is 5.81. The molecule has 0 unspecified atom stereocenters. The van der Waals surface area contributed by atoms with E-state index in [1.54, 1.807) is 6.08 Å². The third-order valence-electron chi connectivity index (χ3n) is 4.80. The smallest absolute Gasteiger partial charge is 0.336 e. The molecular weight excluding hydrogens is 376 g/mol. The Bertz CT molecular complexity index is 934. The Labute approximate surface area is 177 Å². The molecule has 0 N–H and O–H groups in total. The second-order valence-corrected chi connectivity index (χ2v) is 8.13. The van der Waals surface area contributed by atoms with Crippen molar-refractivity contribution >= 4 is 17.3 Å². The van der Waals surface area contributed by atoms with Crippen LogP contribution in [0.3, 0.4) is 0 Å². The quantitative estimate of drug-likeness (QED) is 0.208. The lowest BCUT2D eigenvalue weighted by Gasteiger charge is -2.06. The highest BCUT2D eigenvalue weighted by Crippen LogP contribution is 2.34. The minimum absolute atomic E-state index is 0.325. The number of allylic oxidation sites excluding steroid dienone is 1. The van der Waals surface area contributed by atoms with Crippen molar-refractivity contribution in [1.82, 2.24) is 0 Å². The number of rotatable bonds is 9. The van der Waals surface area contributed by atoms with E-state index in [2.05, 4.69) is 55.5 Å². The summed E-state index contributed by atoms with van der Waals surface area (Å²) in [6, 6.07) is 21.3. The van der Waals surface area contributed by atoms with Gasteiger partial charge in [-0.2, -0.15) is 0 Å². The molecule has 0 spiro atoms. The van der Waals surface area contributed by atoms with E-state index in [9.17, 15) is 4.79 Å². The molecule has 150 valence electrons. The van der Waals surface area contributed by atoms with Gasteiger partial charge in [-0.15, -0.1) is 0 Å². The maximum atomic E-state index is 11.7. The number of hydrogen-bond donors (Lipinski definition) is 0. The van der Waals surface area contributed by atoms with Gasteiger partial charge in [0.2, 0.25) is 0 Å². The molecular formula is C26H28O2S. The van der Waals surface area contributed by atoms with E-state index in [1.807, 2.05) is 19.1 Å². The van der Waals surface area contributed by atoms with E-state index in [0.29, 0.717) is 5.06 Å². The monoisotopic (exact) mass is 404 g/mol. The Morgan fingerprint density at radius 3 is 2.17 bits per heavy atom. The van der Waals surface area contributed by atoms with Gasteiger partial charge >= 0.3 is 5.97 Å². The molecule has 0 atom stereocenters. The summed E-state index contributed by atoms with van der Waals surface area (Å²) < 4.78 is 5.35. The Kier molecular flexibility index (Phi) is 7.83. The molecule has 0 radical (unpaired) electrons. The van der Waals surface area contributed by atoms with E-state index >= 15 is 0 Å². The molecule has 0 saturated carbocycles. The van der Waals surface area contributed by atoms with Gasteiger partial charge in [0.25, 0.3) is 0 Å². The highest BCUT2D eigenvalue weighted by atomic mass is 32.1. The van der Waals surface area contributed by atoms with E-state index in [0.717, 1.165) is 23.3 Å². The topological polar surface area (TPSA) is 26.3 Å². The Hall–Kier alpha value is -2.65. The van der Waals surface area contributed by atoms with Crippen LogP contribution < -0.4 is 4.74 Å². The Morgan fingerprint density at radius 1 is 0.862 bits per heavy atom. The van der Waals surface area contributed by atoms with Crippen LogP contribution in [0.5, 0.6) is 5.06 Å². The van der Waals surface area contributed by atoms with Crippen molar-refractivity contribution in [2.75, 3.05) is 0 Å². The van der Waals surface area contributed by atoms with Gasteiger partial charge < -0.3 is 4.74 Å². The number of ether oxygens (including phenoxy) is 1.